The molecule has 0 radical (unpaired) electrons. The molecular formula is C53H88N8O13. The summed E-state index contributed by atoms with van der Waals surface area (Å²) in [6.45, 7) is 32.2. The van der Waals surface area contributed by atoms with Gasteiger partial charge in [0.15, 0.2) is 0 Å². The van der Waals surface area contributed by atoms with Crippen LogP contribution in [0.2, 0.25) is 0 Å². The fourth-order valence-corrected chi connectivity index (χ4v) is 6.45. The van der Waals surface area contributed by atoms with E-state index in [1.54, 1.807) is 109 Å². The van der Waals surface area contributed by atoms with E-state index < -0.39 is 70.2 Å². The van der Waals surface area contributed by atoms with Crippen LogP contribution < -0.4 is 10.6 Å². The molecule has 0 aliphatic carbocycles. The fraction of sp³-hybridized carbons (Fsp3) is 0.717. The molecule has 0 saturated carbocycles. The van der Waals surface area contributed by atoms with Gasteiger partial charge in [0, 0.05) is 31.7 Å². The number of nitrogens with zero attached hydrogens (tertiary/aromatic N) is 6. The minimum Gasteiger partial charge on any atom is -0.444 e. The van der Waals surface area contributed by atoms with Gasteiger partial charge in [-0.3, -0.25) is 15.2 Å². The van der Waals surface area contributed by atoms with E-state index in [-0.39, 0.29) is 38.2 Å². The number of benzene rings is 1. The number of nitrogens with one attached hydrogen (secondary N) is 2. The Kier molecular flexibility index (Phi) is 24.3. The smallest absolute Gasteiger partial charge is 0.437 e. The zero-order valence-electron chi connectivity index (χ0n) is 47.7. The summed E-state index contributed by atoms with van der Waals surface area (Å²) >= 11 is 0. The Balaban J connectivity index is 2.30. The second kappa shape index (κ2) is 28.1. The maximum Gasteiger partial charge on any atom is 0.437 e. The fourth-order valence-electron chi connectivity index (χ4n) is 6.45. The minimum absolute atomic E-state index is 0.00206. The van der Waals surface area contributed by atoms with Crippen LogP contribution in [0.25, 0.3) is 0 Å². The predicted octanol–water partition coefficient (Wildman–Crippen LogP) is 11.1. The van der Waals surface area contributed by atoms with Gasteiger partial charge in [0.2, 0.25) is 11.9 Å². The quantitative estimate of drug-likeness (QED) is 0.0719. The van der Waals surface area contributed by atoms with Crippen molar-refractivity contribution in [3.05, 3.63) is 35.4 Å². The summed E-state index contributed by atoms with van der Waals surface area (Å²) in [4.78, 5) is 96.4. The second-order valence-corrected chi connectivity index (χ2v) is 23.7. The lowest BCUT2D eigenvalue weighted by Gasteiger charge is -2.34. The van der Waals surface area contributed by atoms with Crippen LogP contribution in [-0.2, 0) is 39.8 Å². The summed E-state index contributed by atoms with van der Waals surface area (Å²) < 4.78 is 39.6. The standard InChI is InChI=1S/C53H88N8O13/c1-48(2,3)69-42(62)56-40(57-43(63)70-49(4,5)6)55-30-23-21-19-20-22-24-32-60(46(66)73-52(13,14)15)41(58-44(64)71-50(7,8)9)61(47(67)74-53(16,17)18)34-35-68-36-37-26-28-38(29-27-37)39-54-31-25-33-59(39)45(65)72-51(10,11)12/h26-29H,19-25,30-36H2,1-18H3,(H2,55,56,57,62,63)/b58-41-. The predicted molar refractivity (Wildman–Crippen MR) is 283 cm³/mol. The third kappa shape index (κ3) is 27.9. The Hall–Kier alpha value is -5.99. The molecule has 21 nitrogen and oxygen atoms in total. The molecule has 0 atom stereocenters. The maximum atomic E-state index is 14.2. The first-order chi connectivity index (χ1) is 33.9. The third-order valence-corrected chi connectivity index (χ3v) is 9.22. The zero-order valence-corrected chi connectivity index (χ0v) is 47.7. The minimum atomic E-state index is -1.04. The highest BCUT2D eigenvalue weighted by Gasteiger charge is 2.36. The van der Waals surface area contributed by atoms with E-state index in [4.69, 9.17) is 33.2 Å². The van der Waals surface area contributed by atoms with E-state index >= 15 is 0 Å². The van der Waals surface area contributed by atoms with Crippen LogP contribution in [0.5, 0.6) is 0 Å². The number of carbonyl (C=O) groups is 6. The summed E-state index contributed by atoms with van der Waals surface area (Å²) in [7, 11) is 0. The largest absolute Gasteiger partial charge is 0.444 e. The number of ether oxygens (including phenoxy) is 7. The summed E-state index contributed by atoms with van der Waals surface area (Å²) in [5.41, 5.74) is -3.62. The average Bonchev–Trinajstić information content (AvgIpc) is 3.20. The van der Waals surface area contributed by atoms with E-state index in [1.165, 1.54) is 0 Å². The summed E-state index contributed by atoms with van der Waals surface area (Å²) in [5, 5.41) is 5.47. The second-order valence-electron chi connectivity index (χ2n) is 23.7. The molecule has 1 aliphatic rings. The van der Waals surface area contributed by atoms with E-state index in [9.17, 15) is 28.8 Å². The Morgan fingerprint density at radius 2 is 1.05 bits per heavy atom. The van der Waals surface area contributed by atoms with Gasteiger partial charge in [-0.25, -0.2) is 38.6 Å². The van der Waals surface area contributed by atoms with Crippen molar-refractivity contribution in [3.8, 4) is 0 Å². The Bertz CT molecular complexity index is 2120. The van der Waals surface area contributed by atoms with Gasteiger partial charge in [-0.15, -0.1) is 9.98 Å². The van der Waals surface area contributed by atoms with Crippen molar-refractivity contribution in [2.24, 2.45) is 15.0 Å². The first-order valence-corrected chi connectivity index (χ1v) is 25.5. The van der Waals surface area contributed by atoms with Crippen LogP contribution in [-0.4, -0.2) is 142 Å². The van der Waals surface area contributed by atoms with Gasteiger partial charge in [-0.2, -0.15) is 0 Å². The topological polar surface area (TPSA) is 238 Å². The molecule has 1 aromatic rings. The number of hydrogen-bond donors (Lipinski definition) is 2. The first-order valence-electron chi connectivity index (χ1n) is 25.5. The van der Waals surface area contributed by atoms with Gasteiger partial charge in [0.25, 0.3) is 0 Å². The molecule has 0 saturated heterocycles. The van der Waals surface area contributed by atoms with Crippen LogP contribution in [0.4, 0.5) is 28.8 Å². The molecule has 418 valence electrons. The van der Waals surface area contributed by atoms with Crippen molar-refractivity contribution in [2.45, 2.75) is 210 Å². The average molecular weight is 1050 g/mol. The van der Waals surface area contributed by atoms with Crippen LogP contribution >= 0.6 is 0 Å². The number of carbonyl (C=O) groups excluding carboxylic acids is 6. The van der Waals surface area contributed by atoms with Crippen LogP contribution in [0, 0.1) is 0 Å². The molecule has 0 unspecified atom stereocenters. The van der Waals surface area contributed by atoms with E-state index in [1.807, 2.05) is 45.0 Å². The van der Waals surface area contributed by atoms with E-state index in [0.717, 1.165) is 40.2 Å². The highest BCUT2D eigenvalue weighted by atomic mass is 16.6. The normalized spacial score (nSPS) is 14.0. The van der Waals surface area contributed by atoms with Gasteiger partial charge in [-0.1, -0.05) is 49.9 Å². The number of hydrogen-bond acceptors (Lipinski definition) is 14. The van der Waals surface area contributed by atoms with Crippen molar-refractivity contribution in [3.63, 3.8) is 0 Å². The number of alkyl carbamates (subject to hydrolysis) is 1. The highest BCUT2D eigenvalue weighted by molar-refractivity contribution is 6.07. The maximum absolute atomic E-state index is 14.2. The van der Waals surface area contributed by atoms with Crippen LogP contribution in [0.1, 0.15) is 181 Å². The third-order valence-electron chi connectivity index (χ3n) is 9.22. The van der Waals surface area contributed by atoms with Crippen molar-refractivity contribution in [1.82, 2.24) is 25.3 Å². The molecule has 0 spiro atoms. The lowest BCUT2D eigenvalue weighted by Crippen LogP contribution is -2.53. The Morgan fingerprint density at radius 1 is 0.581 bits per heavy atom. The molecule has 2 N–H and O–H groups in total. The lowest BCUT2D eigenvalue weighted by molar-refractivity contribution is 0.0222. The molecule has 0 bridgehead atoms. The number of amidine groups is 1. The molecule has 1 aliphatic heterocycles. The zero-order chi connectivity index (χ0) is 56.3. The molecule has 0 aromatic heterocycles. The van der Waals surface area contributed by atoms with Gasteiger partial charge < -0.3 is 38.5 Å². The monoisotopic (exact) mass is 1040 g/mol. The molecule has 1 heterocycles. The molecule has 6 amide bonds. The molecule has 74 heavy (non-hydrogen) atoms. The molecule has 21 heteroatoms. The van der Waals surface area contributed by atoms with E-state index in [0.29, 0.717) is 51.2 Å². The van der Waals surface area contributed by atoms with Gasteiger partial charge in [0.1, 0.15) is 39.4 Å². The number of rotatable bonds is 15. The Morgan fingerprint density at radius 3 is 1.57 bits per heavy atom. The lowest BCUT2D eigenvalue weighted by atomic mass is 10.1. The molecular weight excluding hydrogens is 957 g/mol. The van der Waals surface area contributed by atoms with Crippen molar-refractivity contribution in [2.75, 3.05) is 39.3 Å². The molecule has 2 rings (SSSR count). The van der Waals surface area contributed by atoms with Gasteiger partial charge in [0.05, 0.1) is 19.8 Å². The summed E-state index contributed by atoms with van der Waals surface area (Å²) in [5.74, 6) is 0.0723. The highest BCUT2D eigenvalue weighted by Crippen LogP contribution is 2.21. The summed E-state index contributed by atoms with van der Waals surface area (Å²) in [6, 6.07) is 7.41. The molecule has 1 aromatic carbocycles. The first kappa shape index (κ1) is 64.1. The summed E-state index contributed by atoms with van der Waals surface area (Å²) in [6.07, 6.45) is -0.178. The number of guanidine groups is 2. The van der Waals surface area contributed by atoms with Gasteiger partial charge in [-0.05, 0) is 149 Å². The van der Waals surface area contributed by atoms with Crippen LogP contribution in [0.15, 0.2) is 39.2 Å². The number of aliphatic imine (C=N–C) groups is 3. The molecule has 0 fully saturated rings. The Labute approximate surface area is 439 Å². The van der Waals surface area contributed by atoms with Crippen molar-refractivity contribution >= 4 is 54.3 Å². The number of amides is 6. The van der Waals surface area contributed by atoms with Crippen LogP contribution in [0.3, 0.4) is 0 Å². The van der Waals surface area contributed by atoms with Crippen molar-refractivity contribution < 1.29 is 61.9 Å². The van der Waals surface area contributed by atoms with Gasteiger partial charge >= 0.3 is 36.6 Å². The van der Waals surface area contributed by atoms with Crippen molar-refractivity contribution in [1.29, 1.82) is 0 Å². The van der Waals surface area contributed by atoms with E-state index in [2.05, 4.69) is 25.6 Å². The SMILES string of the molecule is CC(C)(C)OC(=O)/N=C(/NCCCCCCCCN(C(=O)OC(C)(C)C)/C(=N/C(=O)OC(C)(C)C)N(CCOCc1ccc(C2=NCCCN2C(=O)OC(C)(C)C)cc1)C(=O)OC(C)(C)C)NC(=O)OC(C)(C)C. The number of unbranched alkanes of at least 4 members (excludes halogenated alkanes) is 5.